The average Bonchev–Trinajstić information content (AvgIpc) is 3.13. The number of ether oxygens (including phenoxy) is 1. The van der Waals surface area contributed by atoms with Crippen molar-refractivity contribution in [3.05, 3.63) is 47.3 Å². The van der Waals surface area contributed by atoms with Crippen molar-refractivity contribution < 1.29 is 9.26 Å². The van der Waals surface area contributed by atoms with Gasteiger partial charge in [-0.2, -0.15) is 0 Å². The predicted molar refractivity (Wildman–Crippen MR) is 125 cm³/mol. The van der Waals surface area contributed by atoms with Gasteiger partial charge in [-0.1, -0.05) is 45.0 Å². The van der Waals surface area contributed by atoms with Gasteiger partial charge < -0.3 is 19.9 Å². The smallest absolute Gasteiger partial charge is 0.191 e. The fraction of sp³-hybridized carbons (Fsp3) is 0.524. The molecule has 2 aromatic rings. The van der Waals surface area contributed by atoms with Crippen molar-refractivity contribution in [1.82, 2.24) is 15.8 Å². The van der Waals surface area contributed by atoms with Crippen LogP contribution in [-0.4, -0.2) is 31.3 Å². The van der Waals surface area contributed by atoms with Crippen molar-refractivity contribution >= 4 is 29.9 Å². The lowest BCUT2D eigenvalue weighted by Gasteiger charge is -2.27. The molecular weight excluding hydrogens is 467 g/mol. The zero-order valence-electron chi connectivity index (χ0n) is 17.7. The fourth-order valence-electron chi connectivity index (χ4n) is 2.63. The van der Waals surface area contributed by atoms with Crippen LogP contribution in [0.25, 0.3) is 0 Å². The van der Waals surface area contributed by atoms with E-state index in [0.717, 1.165) is 36.3 Å². The molecule has 0 amide bonds. The Morgan fingerprint density at radius 2 is 2.00 bits per heavy atom. The van der Waals surface area contributed by atoms with Crippen LogP contribution in [0.3, 0.4) is 0 Å². The van der Waals surface area contributed by atoms with E-state index in [9.17, 15) is 0 Å². The van der Waals surface area contributed by atoms with Crippen LogP contribution >= 0.6 is 24.0 Å². The lowest BCUT2D eigenvalue weighted by molar-refractivity contribution is 0.376. The second kappa shape index (κ2) is 11.3. The molecular formula is C21H33IN4O2. The van der Waals surface area contributed by atoms with E-state index >= 15 is 0 Å². The van der Waals surface area contributed by atoms with Crippen LogP contribution in [-0.2, 0) is 12.0 Å². The molecule has 7 heteroatoms. The number of guanidine groups is 1. The monoisotopic (exact) mass is 500 g/mol. The Morgan fingerprint density at radius 3 is 2.61 bits per heavy atom. The summed E-state index contributed by atoms with van der Waals surface area (Å²) < 4.78 is 10.7. The SMILES string of the molecule is CCNC(=NCc1cc(C(C)C)no1)NCC(C)(C)c1cccc(OC)c1.I. The summed E-state index contributed by atoms with van der Waals surface area (Å²) in [6.45, 7) is 12.6. The first-order chi connectivity index (χ1) is 12.9. The van der Waals surface area contributed by atoms with E-state index in [1.54, 1.807) is 7.11 Å². The summed E-state index contributed by atoms with van der Waals surface area (Å²) in [4.78, 5) is 4.62. The summed E-state index contributed by atoms with van der Waals surface area (Å²) >= 11 is 0. The summed E-state index contributed by atoms with van der Waals surface area (Å²) in [5.74, 6) is 2.74. The number of hydrogen-bond donors (Lipinski definition) is 2. The molecule has 0 spiro atoms. The van der Waals surface area contributed by atoms with E-state index in [-0.39, 0.29) is 29.4 Å². The quantitative estimate of drug-likeness (QED) is 0.318. The number of halogens is 1. The highest BCUT2D eigenvalue weighted by Gasteiger charge is 2.21. The van der Waals surface area contributed by atoms with Gasteiger partial charge in [-0.3, -0.25) is 0 Å². The topological polar surface area (TPSA) is 71.7 Å². The summed E-state index contributed by atoms with van der Waals surface area (Å²) in [5.41, 5.74) is 2.08. The number of hydrogen-bond acceptors (Lipinski definition) is 4. The molecule has 0 radical (unpaired) electrons. The lowest BCUT2D eigenvalue weighted by Crippen LogP contribution is -2.43. The minimum atomic E-state index is -0.0816. The summed E-state index contributed by atoms with van der Waals surface area (Å²) in [6.07, 6.45) is 0. The third-order valence-electron chi connectivity index (χ3n) is 4.45. The predicted octanol–water partition coefficient (Wildman–Crippen LogP) is 4.46. The van der Waals surface area contributed by atoms with E-state index in [4.69, 9.17) is 9.26 Å². The highest BCUT2D eigenvalue weighted by atomic mass is 127. The Labute approximate surface area is 185 Å². The van der Waals surface area contributed by atoms with Gasteiger partial charge in [0, 0.05) is 24.6 Å². The maximum absolute atomic E-state index is 5.37. The van der Waals surface area contributed by atoms with Crippen LogP contribution in [0.15, 0.2) is 39.8 Å². The largest absolute Gasteiger partial charge is 0.497 e. The van der Waals surface area contributed by atoms with Crippen LogP contribution in [0, 0.1) is 0 Å². The molecule has 6 nitrogen and oxygen atoms in total. The van der Waals surface area contributed by atoms with E-state index in [1.807, 2.05) is 18.2 Å². The first-order valence-corrected chi connectivity index (χ1v) is 9.48. The van der Waals surface area contributed by atoms with E-state index in [0.29, 0.717) is 12.5 Å². The Bertz CT molecular complexity index is 756. The van der Waals surface area contributed by atoms with Gasteiger partial charge in [0.1, 0.15) is 12.3 Å². The van der Waals surface area contributed by atoms with Gasteiger partial charge in [0.15, 0.2) is 11.7 Å². The molecule has 0 saturated carbocycles. The van der Waals surface area contributed by atoms with Crippen molar-refractivity contribution in [3.63, 3.8) is 0 Å². The molecule has 0 bridgehead atoms. The Balaban J connectivity index is 0.00000392. The minimum Gasteiger partial charge on any atom is -0.497 e. The molecule has 0 aliphatic carbocycles. The van der Waals surface area contributed by atoms with Crippen molar-refractivity contribution in [1.29, 1.82) is 0 Å². The molecule has 0 unspecified atom stereocenters. The molecule has 0 saturated heterocycles. The molecule has 2 rings (SSSR count). The van der Waals surface area contributed by atoms with Gasteiger partial charge in [-0.25, -0.2) is 4.99 Å². The van der Waals surface area contributed by atoms with E-state index < -0.39 is 0 Å². The third kappa shape index (κ3) is 7.00. The van der Waals surface area contributed by atoms with Crippen LogP contribution in [0.5, 0.6) is 5.75 Å². The molecule has 1 heterocycles. The lowest BCUT2D eigenvalue weighted by atomic mass is 9.84. The number of nitrogens with zero attached hydrogens (tertiary/aromatic N) is 2. The molecule has 0 atom stereocenters. The highest BCUT2D eigenvalue weighted by Crippen LogP contribution is 2.25. The summed E-state index contributed by atoms with van der Waals surface area (Å²) in [7, 11) is 1.69. The number of aromatic nitrogens is 1. The number of methoxy groups -OCH3 is 1. The zero-order valence-corrected chi connectivity index (χ0v) is 20.0. The van der Waals surface area contributed by atoms with E-state index in [1.165, 1.54) is 5.56 Å². The average molecular weight is 500 g/mol. The first-order valence-electron chi connectivity index (χ1n) is 9.48. The van der Waals surface area contributed by atoms with Gasteiger partial charge in [0.2, 0.25) is 0 Å². The van der Waals surface area contributed by atoms with Crippen LogP contribution < -0.4 is 15.4 Å². The maximum atomic E-state index is 5.37. The van der Waals surface area contributed by atoms with Crippen molar-refractivity contribution in [2.45, 2.75) is 52.5 Å². The van der Waals surface area contributed by atoms with Gasteiger partial charge in [-0.05, 0) is 30.5 Å². The second-order valence-electron chi connectivity index (χ2n) is 7.54. The normalized spacial score (nSPS) is 11.9. The fourth-order valence-corrected chi connectivity index (χ4v) is 2.63. The van der Waals surface area contributed by atoms with Gasteiger partial charge in [0.05, 0.1) is 12.8 Å². The molecule has 28 heavy (non-hydrogen) atoms. The van der Waals surface area contributed by atoms with Crippen molar-refractivity contribution in [2.24, 2.45) is 4.99 Å². The first kappa shape index (κ1) is 24.3. The van der Waals surface area contributed by atoms with Crippen LogP contribution in [0.4, 0.5) is 0 Å². The molecule has 1 aromatic heterocycles. The number of benzene rings is 1. The van der Waals surface area contributed by atoms with Crippen LogP contribution in [0.2, 0.25) is 0 Å². The van der Waals surface area contributed by atoms with Crippen LogP contribution in [0.1, 0.15) is 57.6 Å². The molecule has 156 valence electrons. The standard InChI is InChI=1S/C21H32N4O2.HI/c1-7-22-20(23-13-18-12-19(15(2)3)25-27-18)24-14-21(4,5)16-9-8-10-17(11-16)26-6;/h8-12,15H,7,13-14H2,1-6H3,(H2,22,23,24);1H. The van der Waals surface area contributed by atoms with Crippen molar-refractivity contribution in [3.8, 4) is 5.75 Å². The number of nitrogens with one attached hydrogen (secondary N) is 2. The highest BCUT2D eigenvalue weighted by molar-refractivity contribution is 14.0. The summed E-state index contributed by atoms with van der Waals surface area (Å²) in [5, 5.41) is 10.8. The van der Waals surface area contributed by atoms with Gasteiger partial charge in [-0.15, -0.1) is 24.0 Å². The number of aliphatic imine (C=N–C) groups is 1. The molecule has 0 aliphatic heterocycles. The second-order valence-corrected chi connectivity index (χ2v) is 7.54. The Hall–Kier alpha value is -1.77. The van der Waals surface area contributed by atoms with E-state index in [2.05, 4.69) is 67.5 Å². The van der Waals surface area contributed by atoms with Gasteiger partial charge in [0.25, 0.3) is 0 Å². The Morgan fingerprint density at radius 1 is 1.25 bits per heavy atom. The van der Waals surface area contributed by atoms with Crippen molar-refractivity contribution in [2.75, 3.05) is 20.2 Å². The third-order valence-corrected chi connectivity index (χ3v) is 4.45. The minimum absolute atomic E-state index is 0. The molecule has 2 N–H and O–H groups in total. The molecule has 0 fully saturated rings. The number of rotatable bonds is 8. The Kier molecular flexibility index (Phi) is 9.78. The molecule has 1 aromatic carbocycles. The van der Waals surface area contributed by atoms with Gasteiger partial charge >= 0.3 is 0 Å². The molecule has 0 aliphatic rings. The summed E-state index contributed by atoms with van der Waals surface area (Å²) in [6, 6.07) is 10.1. The zero-order chi connectivity index (χ0) is 19.9. The maximum Gasteiger partial charge on any atom is 0.191 e.